The van der Waals surface area contributed by atoms with Crippen molar-refractivity contribution in [2.75, 3.05) is 19.7 Å². The Labute approximate surface area is 137 Å². The van der Waals surface area contributed by atoms with Gasteiger partial charge in [-0.05, 0) is 12.1 Å². The first-order valence-electron chi connectivity index (χ1n) is 7.45. The van der Waals surface area contributed by atoms with Gasteiger partial charge < -0.3 is 9.64 Å². The van der Waals surface area contributed by atoms with E-state index in [2.05, 4.69) is 10.1 Å². The number of pyridine rings is 1. The number of carbonyl (C=O) groups is 1. The molecule has 1 fully saturated rings. The topological polar surface area (TPSA) is 60.2 Å². The number of hydrogen-bond acceptors (Lipinski definition) is 5. The van der Waals surface area contributed by atoms with E-state index in [9.17, 15) is 4.79 Å². The highest BCUT2D eigenvalue weighted by atomic mass is 32.1. The van der Waals surface area contributed by atoms with E-state index in [1.807, 2.05) is 36.3 Å². The predicted octanol–water partition coefficient (Wildman–Crippen LogP) is 2.24. The number of aryl methyl sites for hydroxylation is 1. The van der Waals surface area contributed by atoms with Crippen molar-refractivity contribution in [1.29, 1.82) is 0 Å². The highest BCUT2D eigenvalue weighted by Gasteiger charge is 2.27. The standard InChI is InChI=1S/C16H16N4O2S/c1-19-9-12(8-18-19)13-10-20(5-6-22-13)16(21)14-7-11-3-2-4-17-15(11)23-14/h2-4,7-9,13H,5-6,10H2,1H3. The fourth-order valence-electron chi connectivity index (χ4n) is 2.78. The van der Waals surface area contributed by atoms with E-state index < -0.39 is 0 Å². The molecule has 0 saturated carbocycles. The summed E-state index contributed by atoms with van der Waals surface area (Å²) < 4.78 is 7.54. The molecular formula is C16H16N4O2S. The molecule has 0 spiro atoms. The number of fused-ring (bicyclic) bond motifs is 1. The lowest BCUT2D eigenvalue weighted by molar-refractivity contribution is -0.0226. The maximum absolute atomic E-state index is 12.8. The SMILES string of the molecule is Cn1cc(C2CN(C(=O)c3cc4cccnc4s3)CCO2)cn1. The van der Waals surface area contributed by atoms with Crippen LogP contribution in [0.4, 0.5) is 0 Å². The first-order chi connectivity index (χ1) is 11.2. The van der Waals surface area contributed by atoms with Gasteiger partial charge in [0.25, 0.3) is 5.91 Å². The summed E-state index contributed by atoms with van der Waals surface area (Å²) in [5.74, 6) is 0.0465. The second-order valence-electron chi connectivity index (χ2n) is 5.57. The number of rotatable bonds is 2. The average molecular weight is 328 g/mol. The van der Waals surface area contributed by atoms with Crippen LogP contribution < -0.4 is 0 Å². The number of aromatic nitrogens is 3. The molecule has 0 radical (unpaired) electrons. The lowest BCUT2D eigenvalue weighted by Crippen LogP contribution is -2.41. The Morgan fingerprint density at radius 2 is 2.39 bits per heavy atom. The lowest BCUT2D eigenvalue weighted by atomic mass is 10.1. The Morgan fingerprint density at radius 1 is 1.48 bits per heavy atom. The van der Waals surface area contributed by atoms with Crippen molar-refractivity contribution in [3.63, 3.8) is 0 Å². The number of nitrogens with zero attached hydrogens (tertiary/aromatic N) is 4. The normalized spacial score (nSPS) is 18.5. The summed E-state index contributed by atoms with van der Waals surface area (Å²) in [5.41, 5.74) is 1.00. The molecule has 6 nitrogen and oxygen atoms in total. The minimum atomic E-state index is -0.117. The van der Waals surface area contributed by atoms with Crippen LogP contribution in [0.2, 0.25) is 0 Å². The van der Waals surface area contributed by atoms with Crippen molar-refractivity contribution in [2.45, 2.75) is 6.10 Å². The summed E-state index contributed by atoms with van der Waals surface area (Å²) >= 11 is 1.44. The van der Waals surface area contributed by atoms with E-state index in [0.717, 1.165) is 20.7 Å². The first kappa shape index (κ1) is 14.3. The van der Waals surface area contributed by atoms with E-state index >= 15 is 0 Å². The number of ether oxygens (including phenoxy) is 1. The van der Waals surface area contributed by atoms with Crippen LogP contribution in [0.1, 0.15) is 21.3 Å². The Balaban J connectivity index is 1.55. The van der Waals surface area contributed by atoms with E-state index in [1.165, 1.54) is 11.3 Å². The number of hydrogen-bond donors (Lipinski definition) is 0. The molecule has 1 amide bonds. The number of morpholine rings is 1. The van der Waals surface area contributed by atoms with Gasteiger partial charge in [-0.2, -0.15) is 5.10 Å². The Bertz CT molecular complexity index is 824. The third-order valence-corrected chi connectivity index (χ3v) is 5.00. The van der Waals surface area contributed by atoms with Gasteiger partial charge in [-0.25, -0.2) is 4.98 Å². The van der Waals surface area contributed by atoms with Crippen molar-refractivity contribution in [3.8, 4) is 0 Å². The van der Waals surface area contributed by atoms with Gasteiger partial charge in [0.05, 0.1) is 24.2 Å². The van der Waals surface area contributed by atoms with Gasteiger partial charge in [-0.15, -0.1) is 11.3 Å². The Kier molecular flexibility index (Phi) is 3.59. The molecular weight excluding hydrogens is 312 g/mol. The van der Waals surface area contributed by atoms with Gasteiger partial charge in [0.2, 0.25) is 0 Å². The molecule has 1 aliphatic rings. The third kappa shape index (κ3) is 2.73. The number of thiophene rings is 1. The maximum atomic E-state index is 12.8. The molecule has 1 saturated heterocycles. The minimum absolute atomic E-state index is 0.0465. The van der Waals surface area contributed by atoms with Crippen LogP contribution in [-0.2, 0) is 11.8 Å². The zero-order valence-corrected chi connectivity index (χ0v) is 13.5. The summed E-state index contributed by atoms with van der Waals surface area (Å²) in [6, 6.07) is 5.79. The monoisotopic (exact) mass is 328 g/mol. The van der Waals surface area contributed by atoms with Gasteiger partial charge in [-0.1, -0.05) is 6.07 Å². The van der Waals surface area contributed by atoms with Crippen LogP contribution in [-0.4, -0.2) is 45.3 Å². The highest BCUT2D eigenvalue weighted by molar-refractivity contribution is 7.20. The van der Waals surface area contributed by atoms with Gasteiger partial charge in [0.15, 0.2) is 0 Å². The maximum Gasteiger partial charge on any atom is 0.264 e. The molecule has 23 heavy (non-hydrogen) atoms. The number of amides is 1. The highest BCUT2D eigenvalue weighted by Crippen LogP contribution is 2.27. The summed E-state index contributed by atoms with van der Waals surface area (Å²) in [5, 5.41) is 5.19. The van der Waals surface area contributed by atoms with Crippen molar-refractivity contribution < 1.29 is 9.53 Å². The molecule has 7 heteroatoms. The molecule has 0 bridgehead atoms. The van der Waals surface area contributed by atoms with Crippen LogP contribution in [0.5, 0.6) is 0 Å². The lowest BCUT2D eigenvalue weighted by Gasteiger charge is -2.32. The fraction of sp³-hybridized carbons (Fsp3) is 0.312. The molecule has 118 valence electrons. The van der Waals surface area contributed by atoms with E-state index in [0.29, 0.717) is 19.7 Å². The van der Waals surface area contributed by atoms with Crippen LogP contribution >= 0.6 is 11.3 Å². The van der Waals surface area contributed by atoms with Crippen molar-refractivity contribution in [2.24, 2.45) is 7.05 Å². The molecule has 4 heterocycles. The summed E-state index contributed by atoms with van der Waals surface area (Å²) in [6.45, 7) is 1.69. The molecule has 0 aliphatic carbocycles. The van der Waals surface area contributed by atoms with Gasteiger partial charge in [0.1, 0.15) is 10.9 Å². The van der Waals surface area contributed by atoms with Crippen LogP contribution in [0.25, 0.3) is 10.2 Å². The second-order valence-corrected chi connectivity index (χ2v) is 6.60. The second kappa shape index (κ2) is 5.75. The molecule has 3 aromatic rings. The number of carbonyl (C=O) groups excluding carboxylic acids is 1. The average Bonchev–Trinajstić information content (AvgIpc) is 3.20. The Hall–Kier alpha value is -2.25. The van der Waals surface area contributed by atoms with Crippen LogP contribution in [0.3, 0.4) is 0 Å². The van der Waals surface area contributed by atoms with Crippen molar-refractivity contribution in [3.05, 3.63) is 47.2 Å². The molecule has 1 atom stereocenters. The zero-order valence-electron chi connectivity index (χ0n) is 12.7. The minimum Gasteiger partial charge on any atom is -0.370 e. The summed E-state index contributed by atoms with van der Waals surface area (Å²) in [4.78, 5) is 20.6. The molecule has 3 aromatic heterocycles. The van der Waals surface area contributed by atoms with Crippen LogP contribution in [0, 0.1) is 0 Å². The first-order valence-corrected chi connectivity index (χ1v) is 8.26. The molecule has 0 N–H and O–H groups in total. The van der Waals surface area contributed by atoms with Gasteiger partial charge >= 0.3 is 0 Å². The quantitative estimate of drug-likeness (QED) is 0.724. The fourth-order valence-corrected chi connectivity index (χ4v) is 3.75. The largest absolute Gasteiger partial charge is 0.370 e. The van der Waals surface area contributed by atoms with Gasteiger partial charge in [0, 0.05) is 36.9 Å². The van der Waals surface area contributed by atoms with E-state index in [1.54, 1.807) is 17.1 Å². The smallest absolute Gasteiger partial charge is 0.264 e. The van der Waals surface area contributed by atoms with Crippen LogP contribution in [0.15, 0.2) is 36.8 Å². The molecule has 0 aromatic carbocycles. The molecule has 1 unspecified atom stereocenters. The molecule has 1 aliphatic heterocycles. The zero-order chi connectivity index (χ0) is 15.8. The van der Waals surface area contributed by atoms with Crippen molar-refractivity contribution >= 4 is 27.5 Å². The Morgan fingerprint density at radius 3 is 3.17 bits per heavy atom. The summed E-state index contributed by atoms with van der Waals surface area (Å²) in [7, 11) is 1.87. The third-order valence-electron chi connectivity index (χ3n) is 3.95. The predicted molar refractivity (Wildman–Crippen MR) is 87.4 cm³/mol. The van der Waals surface area contributed by atoms with Crippen molar-refractivity contribution in [1.82, 2.24) is 19.7 Å². The van der Waals surface area contributed by atoms with E-state index in [-0.39, 0.29) is 12.0 Å². The summed E-state index contributed by atoms with van der Waals surface area (Å²) in [6.07, 6.45) is 5.36. The van der Waals surface area contributed by atoms with Gasteiger partial charge in [-0.3, -0.25) is 9.48 Å². The molecule has 4 rings (SSSR count). The van der Waals surface area contributed by atoms with E-state index in [4.69, 9.17) is 4.74 Å².